The molecule has 4 atom stereocenters. The summed E-state index contributed by atoms with van der Waals surface area (Å²) in [6.07, 6.45) is 2.89. The smallest absolute Gasteiger partial charge is 0.410 e. The molecule has 1 aliphatic carbocycles. The summed E-state index contributed by atoms with van der Waals surface area (Å²) in [6, 6.07) is 15.8. The van der Waals surface area contributed by atoms with Gasteiger partial charge in [-0.15, -0.1) is 0 Å². The van der Waals surface area contributed by atoms with Crippen LogP contribution in [0, 0.1) is 5.92 Å². The minimum atomic E-state index is -1.42. The lowest BCUT2D eigenvalue weighted by Crippen LogP contribution is -2.58. The maximum Gasteiger partial charge on any atom is 0.410 e. The van der Waals surface area contributed by atoms with Crippen LogP contribution < -0.4 is 25.4 Å². The first-order valence-electron chi connectivity index (χ1n) is 25.0. The van der Waals surface area contributed by atoms with Crippen LogP contribution in [-0.4, -0.2) is 137 Å². The molecule has 1 saturated carbocycles. The minimum Gasteiger partial charge on any atom is -0.490 e. The summed E-state index contributed by atoms with van der Waals surface area (Å²) in [5, 5.41) is 12.5. The molecule has 2 aromatic carbocycles. The van der Waals surface area contributed by atoms with Gasteiger partial charge in [0.1, 0.15) is 47.2 Å². The van der Waals surface area contributed by atoms with Gasteiger partial charge in [0, 0.05) is 39.2 Å². The van der Waals surface area contributed by atoms with Crippen molar-refractivity contribution in [1.82, 2.24) is 40.9 Å². The molecule has 0 radical (unpaired) electrons. The van der Waals surface area contributed by atoms with Gasteiger partial charge in [-0.3, -0.25) is 28.9 Å². The van der Waals surface area contributed by atoms with E-state index >= 15 is 0 Å². The molecule has 74 heavy (non-hydrogen) atoms. The molecular weight excluding hydrogens is 953 g/mol. The van der Waals surface area contributed by atoms with E-state index in [0.29, 0.717) is 11.7 Å². The van der Waals surface area contributed by atoms with Gasteiger partial charge in [0.25, 0.3) is 5.91 Å². The van der Waals surface area contributed by atoms with Gasteiger partial charge < -0.3 is 49.1 Å². The van der Waals surface area contributed by atoms with Crippen LogP contribution in [0.25, 0.3) is 0 Å². The Morgan fingerprint density at radius 2 is 1.45 bits per heavy atom. The highest BCUT2D eigenvalue weighted by atomic mass is 16.6. The largest absolute Gasteiger partial charge is 0.490 e. The van der Waals surface area contributed by atoms with E-state index in [-0.39, 0.29) is 74.7 Å². The predicted molar refractivity (Wildman–Crippen MR) is 273 cm³/mol. The third-order valence-electron chi connectivity index (χ3n) is 11.5. The van der Waals surface area contributed by atoms with Crippen LogP contribution in [0.15, 0.2) is 77.4 Å². The van der Waals surface area contributed by atoms with Gasteiger partial charge >= 0.3 is 12.1 Å². The summed E-state index contributed by atoms with van der Waals surface area (Å²) in [6.45, 7) is 13.9. The Morgan fingerprint density at radius 3 is 2.05 bits per heavy atom. The zero-order chi connectivity index (χ0) is 54.2. The zero-order valence-electron chi connectivity index (χ0n) is 44.6. The number of carbonyl (C=O) groups excluding carboxylic acids is 6. The molecule has 0 spiro atoms. The second-order valence-electron chi connectivity index (χ2n) is 20.8. The molecule has 2 heterocycles. The number of aromatic nitrogens is 3. The number of nitrogens with one attached hydrogen (secondary N) is 3. The summed E-state index contributed by atoms with van der Waals surface area (Å²) in [7, 11) is 4.32. The Hall–Kier alpha value is -7.09. The molecular formula is C54H74N8O12. The number of amides is 5. The SMILES string of the molecule is COc1nccc(OC[C@@H](Cc2ccccc2)NC(=O)C(COCc2ccccc2)N(C)C(=O)[C@H](CC(C)C)N(C)C(=O)OC(C)(C)C)c1C(=O)N[C@@H](CC(=O)OC(C)(C)C)C(=O)NCCc1nc(C2CC2)no1. The molecule has 1 aliphatic rings. The predicted octanol–water partition coefficient (Wildman–Crippen LogP) is 5.97. The lowest BCUT2D eigenvalue weighted by atomic mass is 10.0. The third-order valence-corrected chi connectivity index (χ3v) is 11.5. The molecule has 20 nitrogen and oxygen atoms in total. The van der Waals surface area contributed by atoms with E-state index in [4.69, 9.17) is 28.2 Å². The quantitative estimate of drug-likeness (QED) is 0.0614. The van der Waals surface area contributed by atoms with Crippen LogP contribution in [0.2, 0.25) is 0 Å². The van der Waals surface area contributed by atoms with Crippen molar-refractivity contribution in [3.63, 3.8) is 0 Å². The molecule has 3 N–H and O–H groups in total. The number of pyridine rings is 1. The van der Waals surface area contributed by atoms with Crippen LogP contribution >= 0.6 is 0 Å². The van der Waals surface area contributed by atoms with E-state index in [0.717, 1.165) is 24.0 Å². The van der Waals surface area contributed by atoms with E-state index in [9.17, 15) is 28.8 Å². The lowest BCUT2D eigenvalue weighted by molar-refractivity contribution is -0.156. The summed E-state index contributed by atoms with van der Waals surface area (Å²) >= 11 is 0. The van der Waals surface area contributed by atoms with Crippen molar-refractivity contribution in [2.24, 2.45) is 5.92 Å². The Morgan fingerprint density at radius 1 is 0.797 bits per heavy atom. The number of nitrogens with zero attached hydrogens (tertiary/aromatic N) is 5. The molecule has 5 rings (SSSR count). The fourth-order valence-corrected chi connectivity index (χ4v) is 7.68. The topological polar surface area (TPSA) is 243 Å². The first kappa shape index (κ1) is 57.8. The summed E-state index contributed by atoms with van der Waals surface area (Å²) < 4.78 is 34.5. The number of hydrogen-bond acceptors (Lipinski definition) is 15. The number of benzene rings is 2. The summed E-state index contributed by atoms with van der Waals surface area (Å²) in [5.74, 6) is -2.28. The average molecular weight is 1030 g/mol. The fraction of sp³-hybridized carbons (Fsp3) is 0.537. The highest BCUT2D eigenvalue weighted by molar-refractivity contribution is 6.02. The van der Waals surface area contributed by atoms with Crippen molar-refractivity contribution in [2.75, 3.05) is 41.0 Å². The molecule has 0 saturated heterocycles. The number of methoxy groups -OCH3 is 1. The lowest BCUT2D eigenvalue weighted by Gasteiger charge is -2.36. The van der Waals surface area contributed by atoms with E-state index in [2.05, 4.69) is 31.1 Å². The van der Waals surface area contributed by atoms with Crippen molar-refractivity contribution < 1.29 is 57.0 Å². The molecule has 1 unspecified atom stereocenters. The summed E-state index contributed by atoms with van der Waals surface area (Å²) in [5.41, 5.74) is -0.208. The second-order valence-corrected chi connectivity index (χ2v) is 20.8. The van der Waals surface area contributed by atoms with E-state index < -0.39 is 77.5 Å². The van der Waals surface area contributed by atoms with Gasteiger partial charge in [-0.2, -0.15) is 4.98 Å². The molecule has 402 valence electrons. The highest BCUT2D eigenvalue weighted by Crippen LogP contribution is 2.38. The molecule has 2 aromatic heterocycles. The van der Waals surface area contributed by atoms with Gasteiger partial charge in [0.2, 0.25) is 29.5 Å². The maximum atomic E-state index is 14.8. The van der Waals surface area contributed by atoms with Gasteiger partial charge in [-0.25, -0.2) is 9.78 Å². The molecule has 0 aliphatic heterocycles. The number of esters is 1. The number of rotatable bonds is 26. The van der Waals surface area contributed by atoms with E-state index in [1.807, 2.05) is 74.5 Å². The van der Waals surface area contributed by atoms with Crippen molar-refractivity contribution in [2.45, 2.75) is 142 Å². The van der Waals surface area contributed by atoms with Crippen LogP contribution in [-0.2, 0) is 52.8 Å². The molecule has 1 fully saturated rings. The first-order chi connectivity index (χ1) is 35.0. The second kappa shape index (κ2) is 26.7. The van der Waals surface area contributed by atoms with Gasteiger partial charge in [0.05, 0.1) is 32.8 Å². The van der Waals surface area contributed by atoms with Crippen LogP contribution in [0.3, 0.4) is 0 Å². The first-order valence-corrected chi connectivity index (χ1v) is 25.0. The molecule has 20 heteroatoms. The van der Waals surface area contributed by atoms with Crippen molar-refractivity contribution in [3.05, 3.63) is 101 Å². The normalized spacial score (nSPS) is 14.2. The zero-order valence-corrected chi connectivity index (χ0v) is 44.6. The Bertz CT molecular complexity index is 2490. The maximum absolute atomic E-state index is 14.8. The monoisotopic (exact) mass is 1030 g/mol. The average Bonchev–Trinajstić information content (AvgIpc) is 4.09. The molecule has 4 aromatic rings. The van der Waals surface area contributed by atoms with Crippen molar-refractivity contribution >= 4 is 35.7 Å². The molecule has 0 bridgehead atoms. The summed E-state index contributed by atoms with van der Waals surface area (Å²) in [4.78, 5) is 95.2. The van der Waals surface area contributed by atoms with Gasteiger partial charge in [0.15, 0.2) is 5.82 Å². The Balaban J connectivity index is 1.40. The number of ether oxygens (including phenoxy) is 5. The van der Waals surface area contributed by atoms with E-state index in [1.54, 1.807) is 41.5 Å². The Labute approximate surface area is 433 Å². The fourth-order valence-electron chi connectivity index (χ4n) is 7.68. The van der Waals surface area contributed by atoms with E-state index in [1.165, 1.54) is 43.3 Å². The third kappa shape index (κ3) is 18.4. The Kier molecular flexibility index (Phi) is 20.9. The van der Waals surface area contributed by atoms with Crippen molar-refractivity contribution in [1.29, 1.82) is 0 Å². The van der Waals surface area contributed by atoms with Crippen LogP contribution in [0.4, 0.5) is 4.79 Å². The highest BCUT2D eigenvalue weighted by Gasteiger charge is 2.38. The van der Waals surface area contributed by atoms with Crippen LogP contribution in [0.1, 0.15) is 120 Å². The minimum absolute atomic E-state index is 0.0160. The number of likely N-dealkylation sites (N-methyl/N-ethyl adjacent to an activating group) is 2. The van der Waals surface area contributed by atoms with Gasteiger partial charge in [-0.05, 0) is 90.3 Å². The van der Waals surface area contributed by atoms with Crippen molar-refractivity contribution in [3.8, 4) is 11.6 Å². The molecule has 5 amide bonds. The van der Waals surface area contributed by atoms with Crippen LogP contribution in [0.5, 0.6) is 11.6 Å². The standard InChI is InChI=1S/C54H74N8O12/c1-34(2)28-40(62(10)52(68)73-54(6,7)8)51(67)61(9)41(33-70-31-36-20-16-13-17-21-36)48(65)57-38(29-35-18-14-12-15-19-35)32-71-42-24-26-56-50(69-11)45(42)49(66)58-39(30-44(63)72-53(3,4)5)47(64)55-27-25-43-59-46(60-74-43)37-22-23-37/h12-21,24,26,34,37-41H,22-23,25,27-33H2,1-11H3,(H,55,64)(H,57,65)(H,58,66)/t38-,39+,40+,41?/m1/s1. The van der Waals surface area contributed by atoms with Gasteiger partial charge in [-0.1, -0.05) is 79.7 Å². The number of hydrogen-bond donors (Lipinski definition) is 3. The number of carbonyl (C=O) groups is 6.